The first-order chi connectivity index (χ1) is 8.94. The number of ether oxygens (including phenoxy) is 1. The number of methoxy groups -OCH3 is 1. The summed E-state index contributed by atoms with van der Waals surface area (Å²) in [6.45, 7) is 2.08. The Morgan fingerprint density at radius 1 is 1.32 bits per heavy atom. The number of carbonyl (C=O) groups excluding carboxylic acids is 1. The fourth-order valence-electron chi connectivity index (χ4n) is 2.26. The molecule has 0 saturated heterocycles. The Bertz CT molecular complexity index is 576. The second-order valence-corrected chi connectivity index (χ2v) is 6.56. The van der Waals surface area contributed by atoms with Gasteiger partial charge in [0.25, 0.3) is 0 Å². The third kappa shape index (κ3) is 2.96. The second kappa shape index (κ2) is 5.30. The van der Waals surface area contributed by atoms with E-state index in [1.807, 2.05) is 0 Å². The number of esters is 1. The quantitative estimate of drug-likeness (QED) is 0.851. The minimum absolute atomic E-state index is 0.0265. The maximum absolute atomic E-state index is 12.3. The Morgan fingerprint density at radius 2 is 1.95 bits per heavy atom. The molecule has 1 N–H and O–H groups in total. The summed E-state index contributed by atoms with van der Waals surface area (Å²) in [5.41, 5.74) is 0.0601. The predicted octanol–water partition coefficient (Wildman–Crippen LogP) is 1.55. The molecule has 6 heteroatoms. The molecule has 1 saturated carbocycles. The average Bonchev–Trinajstić information content (AvgIpc) is 2.36. The van der Waals surface area contributed by atoms with Crippen LogP contribution in [0.2, 0.25) is 0 Å². The van der Waals surface area contributed by atoms with Crippen LogP contribution in [0.4, 0.5) is 0 Å². The monoisotopic (exact) mass is 283 g/mol. The Morgan fingerprint density at radius 3 is 2.53 bits per heavy atom. The lowest BCUT2D eigenvalue weighted by Gasteiger charge is -2.33. The van der Waals surface area contributed by atoms with E-state index in [1.54, 1.807) is 12.1 Å². The minimum Gasteiger partial charge on any atom is -0.465 e. The first-order valence-electron chi connectivity index (χ1n) is 6.13. The van der Waals surface area contributed by atoms with Crippen molar-refractivity contribution in [1.29, 1.82) is 0 Å². The standard InChI is InChI=1S/C13H17NO4S/c1-9-7-10(8-9)14-19(16,17)12-6-4-3-5-11(12)13(15)18-2/h3-6,9-10,14H,7-8H2,1-2H3. The van der Waals surface area contributed by atoms with Gasteiger partial charge in [-0.3, -0.25) is 0 Å². The number of carbonyl (C=O) groups is 1. The molecular weight excluding hydrogens is 266 g/mol. The second-order valence-electron chi connectivity index (χ2n) is 4.88. The highest BCUT2D eigenvalue weighted by Crippen LogP contribution is 2.28. The summed E-state index contributed by atoms with van der Waals surface area (Å²) in [5.74, 6) is -0.105. The van der Waals surface area contributed by atoms with Crippen LogP contribution in [0.5, 0.6) is 0 Å². The highest BCUT2D eigenvalue weighted by Gasteiger charge is 2.31. The van der Waals surface area contributed by atoms with Gasteiger partial charge in [-0.1, -0.05) is 19.1 Å². The molecule has 0 aromatic heterocycles. The van der Waals surface area contributed by atoms with Gasteiger partial charge in [-0.15, -0.1) is 0 Å². The van der Waals surface area contributed by atoms with Crippen molar-refractivity contribution in [1.82, 2.24) is 4.72 Å². The first kappa shape index (κ1) is 14.0. The van der Waals surface area contributed by atoms with E-state index in [-0.39, 0.29) is 16.5 Å². The summed E-state index contributed by atoms with van der Waals surface area (Å²) in [4.78, 5) is 11.6. The predicted molar refractivity (Wildman–Crippen MR) is 70.3 cm³/mol. The molecule has 1 aromatic carbocycles. The smallest absolute Gasteiger partial charge is 0.339 e. The summed E-state index contributed by atoms with van der Waals surface area (Å²) < 4.78 is 31.8. The number of hydrogen-bond donors (Lipinski definition) is 1. The van der Waals surface area contributed by atoms with Gasteiger partial charge in [-0.25, -0.2) is 17.9 Å². The molecule has 0 amide bonds. The SMILES string of the molecule is COC(=O)c1ccccc1S(=O)(=O)NC1CC(C)C1. The first-order valence-corrected chi connectivity index (χ1v) is 7.62. The molecule has 0 aliphatic heterocycles. The van der Waals surface area contributed by atoms with Gasteiger partial charge in [0, 0.05) is 6.04 Å². The van der Waals surface area contributed by atoms with Crippen molar-refractivity contribution in [3.05, 3.63) is 29.8 Å². The summed E-state index contributed by atoms with van der Waals surface area (Å²) in [7, 11) is -2.45. The zero-order chi connectivity index (χ0) is 14.0. The van der Waals surface area contributed by atoms with Gasteiger partial charge in [0.05, 0.1) is 17.6 Å². The van der Waals surface area contributed by atoms with Gasteiger partial charge >= 0.3 is 5.97 Å². The largest absolute Gasteiger partial charge is 0.465 e. The van der Waals surface area contributed by atoms with E-state index in [0.717, 1.165) is 12.8 Å². The zero-order valence-corrected chi connectivity index (χ0v) is 11.7. The summed E-state index contributed by atoms with van der Waals surface area (Å²) in [6, 6.07) is 6.02. The molecule has 1 aromatic rings. The van der Waals surface area contributed by atoms with E-state index in [4.69, 9.17) is 0 Å². The Balaban J connectivity index is 2.27. The van der Waals surface area contributed by atoms with Crippen LogP contribution in [0, 0.1) is 5.92 Å². The lowest BCUT2D eigenvalue weighted by Crippen LogP contribution is -2.43. The summed E-state index contributed by atoms with van der Waals surface area (Å²) in [5, 5.41) is 0. The highest BCUT2D eigenvalue weighted by atomic mass is 32.2. The van der Waals surface area contributed by atoms with E-state index >= 15 is 0 Å². The van der Waals surface area contributed by atoms with Crippen molar-refractivity contribution in [2.45, 2.75) is 30.7 Å². The fraction of sp³-hybridized carbons (Fsp3) is 0.462. The summed E-state index contributed by atoms with van der Waals surface area (Å²) >= 11 is 0. The molecule has 0 unspecified atom stereocenters. The van der Waals surface area contributed by atoms with Crippen molar-refractivity contribution in [2.75, 3.05) is 7.11 Å². The number of rotatable bonds is 4. The molecule has 0 spiro atoms. The van der Waals surface area contributed by atoms with Crippen LogP contribution in [0.1, 0.15) is 30.1 Å². The van der Waals surface area contributed by atoms with Gasteiger partial charge < -0.3 is 4.74 Å². The van der Waals surface area contributed by atoms with Gasteiger partial charge in [0.1, 0.15) is 0 Å². The van der Waals surface area contributed by atoms with Crippen LogP contribution in [-0.2, 0) is 14.8 Å². The van der Waals surface area contributed by atoms with Crippen LogP contribution >= 0.6 is 0 Å². The number of sulfonamides is 1. The fourth-order valence-corrected chi connectivity index (χ4v) is 3.72. The number of nitrogens with one attached hydrogen (secondary N) is 1. The van der Waals surface area contributed by atoms with Crippen molar-refractivity contribution >= 4 is 16.0 Å². The lowest BCUT2D eigenvalue weighted by molar-refractivity contribution is 0.0596. The number of benzene rings is 1. The van der Waals surface area contributed by atoms with Gasteiger partial charge in [0.15, 0.2) is 0 Å². The minimum atomic E-state index is -3.68. The van der Waals surface area contributed by atoms with Crippen LogP contribution < -0.4 is 4.72 Å². The van der Waals surface area contributed by atoms with Gasteiger partial charge in [0.2, 0.25) is 10.0 Å². The molecule has 1 aliphatic carbocycles. The molecule has 1 aliphatic rings. The highest BCUT2D eigenvalue weighted by molar-refractivity contribution is 7.89. The van der Waals surface area contributed by atoms with E-state index in [9.17, 15) is 13.2 Å². The van der Waals surface area contributed by atoms with Crippen molar-refractivity contribution < 1.29 is 17.9 Å². The van der Waals surface area contributed by atoms with E-state index in [0.29, 0.717) is 5.92 Å². The molecule has 19 heavy (non-hydrogen) atoms. The van der Waals surface area contributed by atoms with Crippen LogP contribution in [-0.4, -0.2) is 27.5 Å². The van der Waals surface area contributed by atoms with E-state index in [2.05, 4.69) is 16.4 Å². The Kier molecular flexibility index (Phi) is 3.91. The van der Waals surface area contributed by atoms with Crippen LogP contribution in [0.25, 0.3) is 0 Å². The zero-order valence-electron chi connectivity index (χ0n) is 10.9. The van der Waals surface area contributed by atoms with E-state index in [1.165, 1.54) is 19.2 Å². The Hall–Kier alpha value is -1.40. The third-order valence-electron chi connectivity index (χ3n) is 3.28. The van der Waals surface area contributed by atoms with Crippen LogP contribution in [0.15, 0.2) is 29.2 Å². The molecule has 0 bridgehead atoms. The molecular formula is C13H17NO4S. The average molecular weight is 283 g/mol. The van der Waals surface area contributed by atoms with Crippen molar-refractivity contribution in [3.63, 3.8) is 0 Å². The molecule has 5 nitrogen and oxygen atoms in total. The molecule has 1 fully saturated rings. The van der Waals surface area contributed by atoms with E-state index < -0.39 is 16.0 Å². The summed E-state index contributed by atoms with van der Waals surface area (Å²) in [6.07, 6.45) is 1.67. The molecule has 0 heterocycles. The Labute approximate surface area is 113 Å². The van der Waals surface area contributed by atoms with Crippen molar-refractivity contribution in [2.24, 2.45) is 5.92 Å². The maximum Gasteiger partial charge on any atom is 0.339 e. The maximum atomic E-state index is 12.3. The molecule has 0 atom stereocenters. The van der Waals surface area contributed by atoms with Crippen LogP contribution in [0.3, 0.4) is 0 Å². The normalized spacial score (nSPS) is 22.6. The molecule has 104 valence electrons. The lowest BCUT2D eigenvalue weighted by atomic mass is 9.83. The topological polar surface area (TPSA) is 72.5 Å². The molecule has 2 rings (SSSR count). The molecule has 0 radical (unpaired) electrons. The van der Waals surface area contributed by atoms with Crippen molar-refractivity contribution in [3.8, 4) is 0 Å². The number of hydrogen-bond acceptors (Lipinski definition) is 4. The third-order valence-corrected chi connectivity index (χ3v) is 4.86. The van der Waals surface area contributed by atoms with Gasteiger partial charge in [-0.2, -0.15) is 0 Å². The van der Waals surface area contributed by atoms with Gasteiger partial charge in [-0.05, 0) is 30.9 Å².